The molecule has 0 aliphatic carbocycles. The average Bonchev–Trinajstić information content (AvgIpc) is 2.39. The van der Waals surface area contributed by atoms with Crippen molar-refractivity contribution >= 4 is 18.2 Å². The molecule has 0 aromatic heterocycles. The van der Waals surface area contributed by atoms with Crippen molar-refractivity contribution in [1.82, 2.24) is 0 Å². The van der Waals surface area contributed by atoms with E-state index in [0.29, 0.717) is 0 Å². The van der Waals surface area contributed by atoms with Crippen molar-refractivity contribution in [3.63, 3.8) is 0 Å². The van der Waals surface area contributed by atoms with Crippen molar-refractivity contribution in [2.24, 2.45) is 0 Å². The van der Waals surface area contributed by atoms with Gasteiger partial charge >= 0.3 is 0 Å². The van der Waals surface area contributed by atoms with Crippen LogP contribution in [0.2, 0.25) is 0 Å². The zero-order chi connectivity index (χ0) is 12.1. The van der Waals surface area contributed by atoms with E-state index in [2.05, 4.69) is 6.58 Å². The van der Waals surface area contributed by atoms with Crippen molar-refractivity contribution in [2.45, 2.75) is 0 Å². The highest BCUT2D eigenvalue weighted by Gasteiger charge is 1.90. The third kappa shape index (κ3) is 3.08. The largest absolute Gasteiger partial charge is 0.508 e. The molecular weight excluding hydrogens is 208 g/mol. The summed E-state index contributed by atoms with van der Waals surface area (Å²) < 4.78 is 0. The van der Waals surface area contributed by atoms with Gasteiger partial charge in [0.05, 0.1) is 0 Å². The summed E-state index contributed by atoms with van der Waals surface area (Å²) >= 11 is 0. The summed E-state index contributed by atoms with van der Waals surface area (Å²) in [5.74, 6) is 0.289. The van der Waals surface area contributed by atoms with Gasteiger partial charge in [-0.3, -0.25) is 0 Å². The molecule has 2 aromatic rings. The number of rotatable bonds is 3. The van der Waals surface area contributed by atoms with E-state index in [0.717, 1.165) is 16.7 Å². The Bertz CT molecular complexity index is 518. The maximum Gasteiger partial charge on any atom is 0.115 e. The van der Waals surface area contributed by atoms with Crippen molar-refractivity contribution in [3.05, 3.63) is 71.8 Å². The molecule has 17 heavy (non-hydrogen) atoms. The second-order valence-electron chi connectivity index (χ2n) is 3.80. The highest BCUT2D eigenvalue weighted by Crippen LogP contribution is 2.13. The molecule has 0 amide bonds. The van der Waals surface area contributed by atoms with E-state index in [1.54, 1.807) is 12.1 Å². The van der Waals surface area contributed by atoms with Crippen LogP contribution in [0.1, 0.15) is 16.7 Å². The molecule has 0 aliphatic rings. The van der Waals surface area contributed by atoms with E-state index in [1.807, 2.05) is 54.6 Å². The van der Waals surface area contributed by atoms with Gasteiger partial charge in [-0.15, -0.1) is 0 Å². The van der Waals surface area contributed by atoms with Gasteiger partial charge in [0.2, 0.25) is 0 Å². The second-order valence-corrected chi connectivity index (χ2v) is 3.80. The average molecular weight is 222 g/mol. The molecule has 0 saturated heterocycles. The van der Waals surface area contributed by atoms with Crippen molar-refractivity contribution in [1.29, 1.82) is 0 Å². The maximum atomic E-state index is 9.17. The fraction of sp³-hybridized carbons (Fsp3) is 0. The number of phenols is 1. The molecule has 0 saturated carbocycles. The number of hydrogen-bond acceptors (Lipinski definition) is 1. The number of benzene rings is 2. The van der Waals surface area contributed by atoms with E-state index >= 15 is 0 Å². The first-order chi connectivity index (χ1) is 8.28. The minimum absolute atomic E-state index is 0.289. The first-order valence-corrected chi connectivity index (χ1v) is 5.47. The zero-order valence-corrected chi connectivity index (χ0v) is 9.51. The molecule has 0 radical (unpaired) electrons. The van der Waals surface area contributed by atoms with E-state index < -0.39 is 0 Å². The monoisotopic (exact) mass is 222 g/mol. The fourth-order valence-corrected chi connectivity index (χ4v) is 1.52. The zero-order valence-electron chi connectivity index (χ0n) is 9.51. The lowest BCUT2D eigenvalue weighted by molar-refractivity contribution is 0.475. The predicted molar refractivity (Wildman–Crippen MR) is 73.6 cm³/mol. The smallest absolute Gasteiger partial charge is 0.115 e. The molecule has 0 unspecified atom stereocenters. The summed E-state index contributed by atoms with van der Waals surface area (Å²) in [7, 11) is 0. The van der Waals surface area contributed by atoms with E-state index in [-0.39, 0.29) is 5.75 Å². The van der Waals surface area contributed by atoms with Crippen LogP contribution in [-0.2, 0) is 0 Å². The van der Waals surface area contributed by atoms with Gasteiger partial charge < -0.3 is 5.11 Å². The molecule has 0 bridgehead atoms. The minimum atomic E-state index is 0.289. The lowest BCUT2D eigenvalue weighted by Gasteiger charge is -1.96. The van der Waals surface area contributed by atoms with Crippen molar-refractivity contribution in [3.8, 4) is 5.75 Å². The molecule has 2 aromatic carbocycles. The topological polar surface area (TPSA) is 20.2 Å². The molecule has 0 spiro atoms. The van der Waals surface area contributed by atoms with Crippen molar-refractivity contribution < 1.29 is 5.11 Å². The molecular formula is C16H14O. The van der Waals surface area contributed by atoms with Crippen LogP contribution in [0.4, 0.5) is 0 Å². The van der Waals surface area contributed by atoms with Crippen LogP contribution in [0, 0.1) is 0 Å². The summed E-state index contributed by atoms with van der Waals surface area (Å²) in [5, 5.41) is 9.17. The van der Waals surface area contributed by atoms with E-state index in [4.69, 9.17) is 5.11 Å². The van der Waals surface area contributed by atoms with Gasteiger partial charge in [0.25, 0.3) is 0 Å². The maximum absolute atomic E-state index is 9.17. The predicted octanol–water partition coefficient (Wildman–Crippen LogP) is 4.21. The summed E-state index contributed by atoms with van der Waals surface area (Å²) in [4.78, 5) is 0. The summed E-state index contributed by atoms with van der Waals surface area (Å²) in [5.41, 5.74) is 3.33. The highest BCUT2D eigenvalue weighted by atomic mass is 16.3. The van der Waals surface area contributed by atoms with E-state index in [1.165, 1.54) is 0 Å². The Kier molecular flexibility index (Phi) is 3.41. The van der Waals surface area contributed by atoms with Gasteiger partial charge in [-0.2, -0.15) is 0 Å². The number of phenolic OH excluding ortho intramolecular Hbond substituents is 1. The molecule has 0 heterocycles. The second kappa shape index (κ2) is 5.17. The number of aromatic hydroxyl groups is 1. The molecule has 1 nitrogen and oxygen atoms in total. The lowest BCUT2D eigenvalue weighted by atomic mass is 10.1. The van der Waals surface area contributed by atoms with Crippen LogP contribution in [0.3, 0.4) is 0 Å². The first-order valence-electron chi connectivity index (χ1n) is 5.47. The van der Waals surface area contributed by atoms with Crippen LogP contribution in [0.25, 0.3) is 18.2 Å². The van der Waals surface area contributed by atoms with Gasteiger partial charge in [-0.05, 0) is 28.8 Å². The van der Waals surface area contributed by atoms with Gasteiger partial charge in [-0.1, -0.05) is 61.2 Å². The Morgan fingerprint density at radius 2 is 1.12 bits per heavy atom. The Hall–Kier alpha value is -2.28. The van der Waals surface area contributed by atoms with Crippen LogP contribution in [0.15, 0.2) is 55.1 Å². The molecule has 0 atom stereocenters. The molecule has 0 fully saturated rings. The number of hydrogen-bond donors (Lipinski definition) is 1. The van der Waals surface area contributed by atoms with Gasteiger partial charge in [-0.25, -0.2) is 0 Å². The molecule has 1 N–H and O–H groups in total. The molecule has 2 rings (SSSR count). The Morgan fingerprint density at radius 3 is 1.59 bits per heavy atom. The normalized spacial score (nSPS) is 10.6. The van der Waals surface area contributed by atoms with Crippen LogP contribution < -0.4 is 0 Å². The summed E-state index contributed by atoms with van der Waals surface area (Å²) in [6.45, 7) is 3.72. The Labute approximate surface area is 101 Å². The van der Waals surface area contributed by atoms with Crippen LogP contribution in [0.5, 0.6) is 5.75 Å². The van der Waals surface area contributed by atoms with Crippen LogP contribution >= 0.6 is 0 Å². The lowest BCUT2D eigenvalue weighted by Crippen LogP contribution is -1.74. The highest BCUT2D eigenvalue weighted by molar-refractivity contribution is 5.70. The third-order valence-corrected chi connectivity index (χ3v) is 2.53. The summed E-state index contributed by atoms with van der Waals surface area (Å²) in [6, 6.07) is 15.3. The molecule has 84 valence electrons. The standard InChI is InChI=1S/C16H14O/c1-2-13-3-5-14(6-4-13)7-8-15-9-11-16(17)12-10-15/h2-12,17H,1H2. The summed E-state index contributed by atoms with van der Waals surface area (Å²) in [6.07, 6.45) is 5.88. The fourth-order valence-electron chi connectivity index (χ4n) is 1.52. The van der Waals surface area contributed by atoms with Gasteiger partial charge in [0.1, 0.15) is 5.75 Å². The van der Waals surface area contributed by atoms with Gasteiger partial charge in [0, 0.05) is 0 Å². The van der Waals surface area contributed by atoms with Crippen LogP contribution in [-0.4, -0.2) is 5.11 Å². The molecule has 0 aliphatic heterocycles. The third-order valence-electron chi connectivity index (χ3n) is 2.53. The van der Waals surface area contributed by atoms with Gasteiger partial charge in [0.15, 0.2) is 0 Å². The quantitative estimate of drug-likeness (QED) is 0.771. The SMILES string of the molecule is C=Cc1ccc(C=Cc2ccc(O)cc2)cc1. The van der Waals surface area contributed by atoms with Crippen molar-refractivity contribution in [2.75, 3.05) is 0 Å². The first kappa shape index (κ1) is 11.2. The Balaban J connectivity index is 2.14. The molecule has 1 heteroatoms. The minimum Gasteiger partial charge on any atom is -0.508 e. The Morgan fingerprint density at radius 1 is 0.706 bits per heavy atom. The van der Waals surface area contributed by atoms with E-state index in [9.17, 15) is 0 Å².